The summed E-state index contributed by atoms with van der Waals surface area (Å²) in [7, 11) is -3.65. The van der Waals surface area contributed by atoms with Crippen LogP contribution in [0.4, 0.5) is 0 Å². The molecule has 7 heteroatoms. The summed E-state index contributed by atoms with van der Waals surface area (Å²) in [6, 6.07) is 7.61. The normalized spacial score (nSPS) is 21.0. The standard InChI is InChI=1S/C17H21N3O3S/c1-3-14-16(12-6-4-11(2)5-7-12)24(22,23)20-17(14)18-10-15(21)19-13-8-9-13/h4-7,13H,3,8-10H2,1-2H3,(H,18,20)(H,19,21). The molecule has 1 fully saturated rings. The maximum atomic E-state index is 12.5. The summed E-state index contributed by atoms with van der Waals surface area (Å²) in [5.41, 5.74) is 2.32. The van der Waals surface area contributed by atoms with Crippen LogP contribution < -0.4 is 10.0 Å². The molecule has 1 aliphatic carbocycles. The summed E-state index contributed by atoms with van der Waals surface area (Å²) >= 11 is 0. The van der Waals surface area contributed by atoms with Crippen LogP contribution in [0.3, 0.4) is 0 Å². The first kappa shape index (κ1) is 16.7. The molecule has 128 valence electrons. The molecule has 1 heterocycles. The molecule has 24 heavy (non-hydrogen) atoms. The monoisotopic (exact) mass is 347 g/mol. The molecule has 6 nitrogen and oxygen atoms in total. The number of nitrogens with zero attached hydrogens (tertiary/aromatic N) is 1. The first-order chi connectivity index (χ1) is 11.4. The van der Waals surface area contributed by atoms with Crippen molar-refractivity contribution in [2.24, 2.45) is 4.99 Å². The van der Waals surface area contributed by atoms with Gasteiger partial charge in [0.25, 0.3) is 10.0 Å². The summed E-state index contributed by atoms with van der Waals surface area (Å²) in [5.74, 6) is 0.0995. The molecule has 1 amide bonds. The molecule has 0 aromatic heterocycles. The third-order valence-corrected chi connectivity index (χ3v) is 5.53. The first-order valence-electron chi connectivity index (χ1n) is 8.08. The van der Waals surface area contributed by atoms with Crippen molar-refractivity contribution in [2.45, 2.75) is 39.2 Å². The Morgan fingerprint density at radius 3 is 2.54 bits per heavy atom. The number of benzene rings is 1. The molecule has 0 bridgehead atoms. The lowest BCUT2D eigenvalue weighted by atomic mass is 10.1. The van der Waals surface area contributed by atoms with E-state index < -0.39 is 10.0 Å². The summed E-state index contributed by atoms with van der Waals surface area (Å²) in [5, 5.41) is 2.84. The third-order valence-electron chi connectivity index (χ3n) is 4.05. The minimum atomic E-state index is -3.65. The van der Waals surface area contributed by atoms with E-state index in [1.807, 2.05) is 26.0 Å². The summed E-state index contributed by atoms with van der Waals surface area (Å²) in [4.78, 5) is 16.2. The Hall–Kier alpha value is -2.15. The van der Waals surface area contributed by atoms with Crippen molar-refractivity contribution in [3.05, 3.63) is 41.0 Å². The van der Waals surface area contributed by atoms with Crippen LogP contribution in [0.25, 0.3) is 4.91 Å². The molecule has 0 saturated heterocycles. The van der Waals surface area contributed by atoms with Crippen molar-refractivity contribution in [3.63, 3.8) is 0 Å². The topological polar surface area (TPSA) is 87.6 Å². The fourth-order valence-electron chi connectivity index (χ4n) is 2.65. The van der Waals surface area contributed by atoms with Gasteiger partial charge in [0.1, 0.15) is 17.3 Å². The Morgan fingerprint density at radius 1 is 1.29 bits per heavy atom. The molecule has 0 spiro atoms. The van der Waals surface area contributed by atoms with Crippen molar-refractivity contribution >= 4 is 26.7 Å². The maximum Gasteiger partial charge on any atom is 0.264 e. The molecule has 2 aliphatic rings. The van der Waals surface area contributed by atoms with Crippen molar-refractivity contribution < 1.29 is 13.2 Å². The predicted octanol–water partition coefficient (Wildman–Crippen LogP) is 1.73. The van der Waals surface area contributed by atoms with Gasteiger partial charge in [0, 0.05) is 11.6 Å². The Balaban J connectivity index is 1.91. The molecular weight excluding hydrogens is 326 g/mol. The van der Waals surface area contributed by atoms with Crippen LogP contribution in [0, 0.1) is 6.92 Å². The smallest absolute Gasteiger partial charge is 0.264 e. The van der Waals surface area contributed by atoms with E-state index in [0.717, 1.165) is 18.4 Å². The van der Waals surface area contributed by atoms with Crippen LogP contribution in [-0.2, 0) is 14.8 Å². The van der Waals surface area contributed by atoms with Gasteiger partial charge in [-0.05, 0) is 31.7 Å². The number of amidine groups is 1. The van der Waals surface area contributed by atoms with Gasteiger partial charge in [-0.15, -0.1) is 0 Å². The zero-order chi connectivity index (χ0) is 17.3. The predicted molar refractivity (Wildman–Crippen MR) is 93.9 cm³/mol. The number of sulfonamides is 1. The highest BCUT2D eigenvalue weighted by molar-refractivity contribution is 8.00. The van der Waals surface area contributed by atoms with E-state index in [0.29, 0.717) is 17.6 Å². The van der Waals surface area contributed by atoms with E-state index in [1.165, 1.54) is 0 Å². The highest BCUT2D eigenvalue weighted by Gasteiger charge is 2.34. The van der Waals surface area contributed by atoms with Crippen LogP contribution in [0.15, 0.2) is 34.8 Å². The highest BCUT2D eigenvalue weighted by atomic mass is 32.2. The molecule has 0 radical (unpaired) electrons. The van der Waals surface area contributed by atoms with Gasteiger partial charge in [-0.1, -0.05) is 36.8 Å². The van der Waals surface area contributed by atoms with Crippen LogP contribution in [0.5, 0.6) is 0 Å². The average Bonchev–Trinajstić information content (AvgIpc) is 3.29. The minimum absolute atomic E-state index is 0.0704. The molecule has 1 aliphatic heterocycles. The molecule has 0 unspecified atom stereocenters. The zero-order valence-electron chi connectivity index (χ0n) is 13.8. The number of carbonyl (C=O) groups is 1. The number of aryl methyl sites for hydroxylation is 1. The molecule has 3 rings (SSSR count). The van der Waals surface area contributed by atoms with E-state index >= 15 is 0 Å². The molecule has 1 saturated carbocycles. The van der Waals surface area contributed by atoms with E-state index in [9.17, 15) is 13.2 Å². The number of amides is 1. The lowest BCUT2D eigenvalue weighted by Crippen LogP contribution is -2.30. The van der Waals surface area contributed by atoms with Crippen LogP contribution in [0.2, 0.25) is 0 Å². The maximum absolute atomic E-state index is 12.5. The van der Waals surface area contributed by atoms with Gasteiger partial charge in [0.15, 0.2) is 0 Å². The number of aliphatic imine (C=N–C) groups is 1. The largest absolute Gasteiger partial charge is 0.352 e. The number of hydrogen-bond acceptors (Lipinski definition) is 4. The first-order valence-corrected chi connectivity index (χ1v) is 9.56. The Kier molecular flexibility index (Phi) is 4.45. The highest BCUT2D eigenvalue weighted by Crippen LogP contribution is 2.31. The molecular formula is C17H21N3O3S. The second-order valence-corrected chi connectivity index (χ2v) is 7.76. The number of nitrogens with one attached hydrogen (secondary N) is 2. The second kappa shape index (κ2) is 6.39. The minimum Gasteiger partial charge on any atom is -0.352 e. The second-order valence-electron chi connectivity index (χ2n) is 6.14. The van der Waals surface area contributed by atoms with E-state index in [4.69, 9.17) is 0 Å². The van der Waals surface area contributed by atoms with Gasteiger partial charge in [0.2, 0.25) is 5.91 Å². The third kappa shape index (κ3) is 3.51. The van der Waals surface area contributed by atoms with Gasteiger partial charge in [0.05, 0.1) is 0 Å². The van der Waals surface area contributed by atoms with Gasteiger partial charge in [-0.2, -0.15) is 0 Å². The van der Waals surface area contributed by atoms with Crippen molar-refractivity contribution in [2.75, 3.05) is 6.54 Å². The van der Waals surface area contributed by atoms with Crippen molar-refractivity contribution in [1.29, 1.82) is 0 Å². The molecule has 1 aromatic rings. The fourth-order valence-corrected chi connectivity index (χ4v) is 4.21. The average molecular weight is 347 g/mol. The molecule has 2 N–H and O–H groups in total. The van der Waals surface area contributed by atoms with Gasteiger partial charge in [-0.3, -0.25) is 14.5 Å². The Bertz CT molecular complexity index is 819. The van der Waals surface area contributed by atoms with Gasteiger partial charge in [-0.25, -0.2) is 8.42 Å². The van der Waals surface area contributed by atoms with E-state index in [1.54, 1.807) is 12.1 Å². The Morgan fingerprint density at radius 2 is 1.96 bits per heavy atom. The fraction of sp³-hybridized carbons (Fsp3) is 0.412. The number of rotatable bonds is 5. The summed E-state index contributed by atoms with van der Waals surface area (Å²) in [6.45, 7) is 3.76. The van der Waals surface area contributed by atoms with Crippen molar-refractivity contribution in [3.8, 4) is 0 Å². The van der Waals surface area contributed by atoms with E-state index in [-0.39, 0.29) is 29.2 Å². The van der Waals surface area contributed by atoms with Crippen LogP contribution in [0.1, 0.15) is 37.3 Å². The summed E-state index contributed by atoms with van der Waals surface area (Å²) < 4.78 is 27.5. The molecule has 1 aromatic carbocycles. The molecule has 0 atom stereocenters. The van der Waals surface area contributed by atoms with Gasteiger partial charge < -0.3 is 5.32 Å². The van der Waals surface area contributed by atoms with Crippen molar-refractivity contribution in [1.82, 2.24) is 10.0 Å². The zero-order valence-corrected chi connectivity index (χ0v) is 14.6. The van der Waals surface area contributed by atoms with Gasteiger partial charge >= 0.3 is 0 Å². The van der Waals surface area contributed by atoms with E-state index in [2.05, 4.69) is 15.0 Å². The van der Waals surface area contributed by atoms with Crippen LogP contribution >= 0.6 is 0 Å². The lowest BCUT2D eigenvalue weighted by Gasteiger charge is -2.04. The van der Waals surface area contributed by atoms with Crippen LogP contribution in [-0.4, -0.2) is 32.7 Å². The SMILES string of the molecule is CCC1=C(c2ccc(C)cc2)S(=O)(=O)NC1=NCC(=O)NC1CC1. The summed E-state index contributed by atoms with van der Waals surface area (Å²) in [6.07, 6.45) is 2.53. The quantitative estimate of drug-likeness (QED) is 0.850. The lowest BCUT2D eigenvalue weighted by molar-refractivity contribution is -0.119. The number of carbonyl (C=O) groups excluding carboxylic acids is 1. The number of hydrogen-bond donors (Lipinski definition) is 2. The Labute approximate surface area is 142 Å².